The molecule has 0 radical (unpaired) electrons. The van der Waals surface area contributed by atoms with Crippen molar-refractivity contribution in [2.75, 3.05) is 0 Å². The van der Waals surface area contributed by atoms with Gasteiger partial charge in [0.05, 0.1) is 11.9 Å². The summed E-state index contributed by atoms with van der Waals surface area (Å²) >= 11 is 0. The number of benzene rings is 2. The van der Waals surface area contributed by atoms with Gasteiger partial charge in [0.2, 0.25) is 0 Å². The van der Waals surface area contributed by atoms with Crippen molar-refractivity contribution in [2.45, 2.75) is 0 Å². The van der Waals surface area contributed by atoms with Crippen LogP contribution in [-0.4, -0.2) is 20.2 Å². The number of fused-ring (bicyclic) bond motifs is 1. The number of rotatable bonds is 1. The van der Waals surface area contributed by atoms with Crippen LogP contribution in [0, 0.1) is 0 Å². The van der Waals surface area contributed by atoms with Gasteiger partial charge in [0.15, 0.2) is 0 Å². The summed E-state index contributed by atoms with van der Waals surface area (Å²) in [7, 11) is 0. The minimum Gasteiger partial charge on any atom is -0.506 e. The molecular formula is C14H10N2O2. The molecule has 2 aromatic carbocycles. The Balaban J connectivity index is 2.26. The average molecular weight is 238 g/mol. The third-order valence-electron chi connectivity index (χ3n) is 2.73. The number of aromatic nitrogens is 2. The molecule has 18 heavy (non-hydrogen) atoms. The van der Waals surface area contributed by atoms with Crippen molar-refractivity contribution >= 4 is 11.0 Å². The molecule has 4 nitrogen and oxygen atoms in total. The lowest BCUT2D eigenvalue weighted by molar-refractivity contribution is 0.467. The number of nitrogens with zero attached hydrogens (tertiary/aromatic N) is 2. The molecule has 0 saturated carbocycles. The van der Waals surface area contributed by atoms with E-state index in [2.05, 4.69) is 9.97 Å². The molecule has 0 aliphatic carbocycles. The largest absolute Gasteiger partial charge is 0.506 e. The van der Waals surface area contributed by atoms with Gasteiger partial charge < -0.3 is 10.2 Å². The van der Waals surface area contributed by atoms with Crippen LogP contribution in [0.3, 0.4) is 0 Å². The first-order valence-corrected chi connectivity index (χ1v) is 5.49. The van der Waals surface area contributed by atoms with E-state index in [0.29, 0.717) is 16.7 Å². The summed E-state index contributed by atoms with van der Waals surface area (Å²) in [5.41, 5.74) is 2.17. The van der Waals surface area contributed by atoms with E-state index < -0.39 is 0 Å². The van der Waals surface area contributed by atoms with Crippen LogP contribution in [0.5, 0.6) is 11.5 Å². The minimum absolute atomic E-state index is 0.00748. The van der Waals surface area contributed by atoms with Crippen LogP contribution in [0.15, 0.2) is 48.7 Å². The van der Waals surface area contributed by atoms with Crippen molar-refractivity contribution in [3.05, 3.63) is 48.7 Å². The topological polar surface area (TPSA) is 66.2 Å². The Kier molecular flexibility index (Phi) is 2.34. The predicted molar refractivity (Wildman–Crippen MR) is 68.3 cm³/mol. The van der Waals surface area contributed by atoms with E-state index in [-0.39, 0.29) is 11.5 Å². The molecule has 0 spiro atoms. The van der Waals surface area contributed by atoms with E-state index in [1.165, 1.54) is 12.1 Å². The van der Waals surface area contributed by atoms with Crippen molar-refractivity contribution in [1.82, 2.24) is 9.97 Å². The molecule has 0 unspecified atom stereocenters. The van der Waals surface area contributed by atoms with Crippen LogP contribution in [0.4, 0.5) is 0 Å². The summed E-state index contributed by atoms with van der Waals surface area (Å²) in [5, 5.41) is 19.4. The molecule has 0 aliphatic rings. The van der Waals surface area contributed by atoms with Gasteiger partial charge in [-0.25, -0.2) is 9.97 Å². The van der Waals surface area contributed by atoms with Crippen molar-refractivity contribution in [2.24, 2.45) is 0 Å². The Hall–Kier alpha value is -2.62. The smallest absolute Gasteiger partial charge is 0.143 e. The molecule has 3 aromatic rings. The normalized spacial score (nSPS) is 10.7. The van der Waals surface area contributed by atoms with Crippen LogP contribution in [-0.2, 0) is 0 Å². The van der Waals surface area contributed by atoms with E-state index in [9.17, 15) is 10.2 Å². The predicted octanol–water partition coefficient (Wildman–Crippen LogP) is 2.71. The van der Waals surface area contributed by atoms with E-state index in [4.69, 9.17) is 0 Å². The van der Waals surface area contributed by atoms with E-state index in [0.717, 1.165) is 5.56 Å². The van der Waals surface area contributed by atoms with Crippen LogP contribution >= 0.6 is 0 Å². The van der Waals surface area contributed by atoms with Crippen molar-refractivity contribution in [3.63, 3.8) is 0 Å². The highest BCUT2D eigenvalue weighted by atomic mass is 16.3. The molecule has 3 rings (SSSR count). The zero-order valence-corrected chi connectivity index (χ0v) is 9.41. The van der Waals surface area contributed by atoms with Gasteiger partial charge in [-0.15, -0.1) is 0 Å². The van der Waals surface area contributed by atoms with Crippen molar-refractivity contribution in [3.8, 4) is 22.8 Å². The minimum atomic E-state index is 0.00748. The second kappa shape index (κ2) is 4.00. The highest BCUT2D eigenvalue weighted by molar-refractivity contribution is 5.87. The number of aromatic hydroxyl groups is 2. The lowest BCUT2D eigenvalue weighted by atomic mass is 10.1. The quantitative estimate of drug-likeness (QED) is 0.640. The van der Waals surface area contributed by atoms with E-state index >= 15 is 0 Å². The monoisotopic (exact) mass is 238 g/mol. The third-order valence-corrected chi connectivity index (χ3v) is 2.73. The van der Waals surface area contributed by atoms with Gasteiger partial charge in [-0.3, -0.25) is 0 Å². The van der Waals surface area contributed by atoms with Gasteiger partial charge in [0.1, 0.15) is 22.5 Å². The standard InChI is InChI=1S/C14H10N2O2/c17-11-6-7-12(18)14-13(11)15-8-10(16-14)9-4-2-1-3-5-9/h1-8,17-18H. The first kappa shape index (κ1) is 10.5. The van der Waals surface area contributed by atoms with Crippen molar-refractivity contribution in [1.29, 1.82) is 0 Å². The molecule has 1 aromatic heterocycles. The number of hydrogen-bond donors (Lipinski definition) is 2. The van der Waals surface area contributed by atoms with Crippen LogP contribution < -0.4 is 0 Å². The molecule has 4 heteroatoms. The third kappa shape index (κ3) is 1.64. The number of hydrogen-bond acceptors (Lipinski definition) is 4. The maximum atomic E-state index is 9.75. The first-order chi connectivity index (χ1) is 8.75. The Bertz CT molecular complexity index is 712. The van der Waals surface area contributed by atoms with Gasteiger partial charge >= 0.3 is 0 Å². The Morgan fingerprint density at radius 2 is 1.44 bits per heavy atom. The van der Waals surface area contributed by atoms with Crippen LogP contribution in [0.25, 0.3) is 22.3 Å². The molecule has 1 heterocycles. The van der Waals surface area contributed by atoms with Crippen LogP contribution in [0.2, 0.25) is 0 Å². The molecule has 2 N–H and O–H groups in total. The fraction of sp³-hybridized carbons (Fsp3) is 0. The van der Waals surface area contributed by atoms with Crippen LogP contribution in [0.1, 0.15) is 0 Å². The Morgan fingerprint density at radius 3 is 2.17 bits per heavy atom. The molecule has 0 amide bonds. The van der Waals surface area contributed by atoms with Gasteiger partial charge in [-0.05, 0) is 12.1 Å². The fourth-order valence-electron chi connectivity index (χ4n) is 1.82. The molecule has 0 aliphatic heterocycles. The lowest BCUT2D eigenvalue weighted by Crippen LogP contribution is -1.89. The van der Waals surface area contributed by atoms with E-state index in [1.807, 2.05) is 30.3 Å². The fourth-order valence-corrected chi connectivity index (χ4v) is 1.82. The molecule has 0 atom stereocenters. The van der Waals surface area contributed by atoms with Gasteiger partial charge in [-0.1, -0.05) is 30.3 Å². The molecular weight excluding hydrogens is 228 g/mol. The number of phenolic OH excluding ortho intramolecular Hbond substituents is 2. The van der Waals surface area contributed by atoms with E-state index in [1.54, 1.807) is 6.20 Å². The second-order valence-corrected chi connectivity index (χ2v) is 3.92. The Morgan fingerprint density at radius 1 is 0.778 bits per heavy atom. The van der Waals surface area contributed by atoms with Gasteiger partial charge in [0, 0.05) is 5.56 Å². The SMILES string of the molecule is Oc1ccc(O)c2nc(-c3ccccc3)cnc12. The average Bonchev–Trinajstić information content (AvgIpc) is 2.44. The first-order valence-electron chi connectivity index (χ1n) is 5.49. The highest BCUT2D eigenvalue weighted by Crippen LogP contribution is 2.30. The highest BCUT2D eigenvalue weighted by Gasteiger charge is 2.09. The summed E-state index contributed by atoms with van der Waals surface area (Å²) in [5.74, 6) is 0.0167. The number of phenols is 2. The zero-order chi connectivity index (χ0) is 12.5. The Labute approximate surface area is 103 Å². The molecule has 88 valence electrons. The summed E-state index contributed by atoms with van der Waals surface area (Å²) in [6.07, 6.45) is 1.58. The summed E-state index contributed by atoms with van der Waals surface area (Å²) in [4.78, 5) is 8.48. The lowest BCUT2D eigenvalue weighted by Gasteiger charge is -2.05. The summed E-state index contributed by atoms with van der Waals surface area (Å²) in [6, 6.07) is 12.4. The van der Waals surface area contributed by atoms with Gasteiger partial charge in [-0.2, -0.15) is 0 Å². The molecule has 0 saturated heterocycles. The maximum absolute atomic E-state index is 9.75. The summed E-state index contributed by atoms with van der Waals surface area (Å²) in [6.45, 7) is 0. The molecule has 0 fully saturated rings. The summed E-state index contributed by atoms with van der Waals surface area (Å²) < 4.78 is 0. The van der Waals surface area contributed by atoms with Gasteiger partial charge in [0.25, 0.3) is 0 Å². The van der Waals surface area contributed by atoms with Crippen molar-refractivity contribution < 1.29 is 10.2 Å². The molecule has 0 bridgehead atoms. The second-order valence-electron chi connectivity index (χ2n) is 3.92. The maximum Gasteiger partial charge on any atom is 0.143 e. The zero-order valence-electron chi connectivity index (χ0n) is 9.41.